The highest BCUT2D eigenvalue weighted by atomic mass is 16.5. The van der Waals surface area contributed by atoms with Crippen LogP contribution in [0.2, 0.25) is 0 Å². The lowest BCUT2D eigenvalue weighted by molar-refractivity contribution is -0.126. The van der Waals surface area contributed by atoms with Crippen LogP contribution in [0.4, 0.5) is 0 Å². The molecule has 0 bridgehead atoms. The summed E-state index contributed by atoms with van der Waals surface area (Å²) in [6, 6.07) is 14.5. The Kier molecular flexibility index (Phi) is 3.74. The Morgan fingerprint density at radius 2 is 1.97 bits per heavy atom. The summed E-state index contributed by atoms with van der Waals surface area (Å²) in [4.78, 5) is 39.6. The van der Waals surface area contributed by atoms with E-state index in [9.17, 15) is 14.4 Å². The van der Waals surface area contributed by atoms with Gasteiger partial charge >= 0.3 is 0 Å². The number of rotatable bonds is 4. The van der Waals surface area contributed by atoms with Crippen LogP contribution in [0.5, 0.6) is 5.75 Å². The molecule has 1 saturated heterocycles. The van der Waals surface area contributed by atoms with Gasteiger partial charge in [-0.05, 0) is 29.8 Å². The van der Waals surface area contributed by atoms with E-state index in [0.717, 1.165) is 10.9 Å². The number of para-hydroxylation sites is 1. The molecule has 3 amide bonds. The molecule has 1 N–H and O–H groups in total. The van der Waals surface area contributed by atoms with Crippen LogP contribution < -0.4 is 10.1 Å². The lowest BCUT2D eigenvalue weighted by atomic mass is 9.82. The fraction of sp³-hybridized carbons (Fsp3) is 0.227. The van der Waals surface area contributed by atoms with Crippen molar-refractivity contribution in [3.05, 3.63) is 65.4 Å². The number of hydrogen-bond acceptors (Lipinski definition) is 5. The second-order valence-electron chi connectivity index (χ2n) is 7.47. The molecule has 3 heterocycles. The van der Waals surface area contributed by atoms with Crippen molar-refractivity contribution in [2.24, 2.45) is 0 Å². The molecule has 29 heavy (non-hydrogen) atoms. The van der Waals surface area contributed by atoms with Crippen molar-refractivity contribution in [3.63, 3.8) is 0 Å². The van der Waals surface area contributed by atoms with Gasteiger partial charge in [-0.1, -0.05) is 24.3 Å². The van der Waals surface area contributed by atoms with Gasteiger partial charge in [-0.2, -0.15) is 0 Å². The van der Waals surface area contributed by atoms with E-state index in [4.69, 9.17) is 9.15 Å². The van der Waals surface area contributed by atoms with Crippen LogP contribution >= 0.6 is 0 Å². The van der Waals surface area contributed by atoms with E-state index in [1.807, 2.05) is 30.3 Å². The van der Waals surface area contributed by atoms with Gasteiger partial charge in [0.25, 0.3) is 5.91 Å². The standard InChI is InChI=1S/C22H18N2O5/c1-28-15-7-6-14-11-24(20(26)16(14)9-15)12-22(10-19(25)23-21(22)27)18-8-13-4-2-3-5-17(13)29-18/h2-9H,10-12H2,1H3,(H,23,25,27)/t22-/m1/s1. The highest BCUT2D eigenvalue weighted by Crippen LogP contribution is 2.39. The van der Waals surface area contributed by atoms with Crippen LogP contribution in [0.3, 0.4) is 0 Å². The molecule has 7 nitrogen and oxygen atoms in total. The largest absolute Gasteiger partial charge is 0.497 e. The first-order valence-corrected chi connectivity index (χ1v) is 9.30. The third kappa shape index (κ3) is 2.61. The zero-order valence-electron chi connectivity index (χ0n) is 15.7. The molecule has 0 unspecified atom stereocenters. The van der Waals surface area contributed by atoms with Crippen molar-refractivity contribution in [2.75, 3.05) is 13.7 Å². The molecule has 2 aliphatic heterocycles. The molecule has 2 aromatic carbocycles. The minimum atomic E-state index is -1.25. The monoisotopic (exact) mass is 390 g/mol. The van der Waals surface area contributed by atoms with Crippen molar-refractivity contribution in [1.29, 1.82) is 0 Å². The second kappa shape index (κ2) is 6.20. The molecule has 7 heteroatoms. The van der Waals surface area contributed by atoms with Crippen LogP contribution in [0, 0.1) is 0 Å². The molecular weight excluding hydrogens is 372 g/mol. The Morgan fingerprint density at radius 3 is 2.69 bits per heavy atom. The normalized spacial score (nSPS) is 21.0. The molecule has 1 fully saturated rings. The molecule has 146 valence electrons. The van der Waals surface area contributed by atoms with Gasteiger partial charge < -0.3 is 14.1 Å². The van der Waals surface area contributed by atoms with Gasteiger partial charge in [0.1, 0.15) is 22.5 Å². The number of amides is 3. The number of hydrogen-bond donors (Lipinski definition) is 1. The Balaban J connectivity index is 1.54. The number of benzene rings is 2. The van der Waals surface area contributed by atoms with Crippen LogP contribution in [-0.2, 0) is 21.5 Å². The predicted molar refractivity (Wildman–Crippen MR) is 103 cm³/mol. The Bertz CT molecular complexity index is 1150. The van der Waals surface area contributed by atoms with Crippen molar-refractivity contribution in [2.45, 2.75) is 18.4 Å². The average Bonchev–Trinajstić information content (AvgIpc) is 3.36. The van der Waals surface area contributed by atoms with Gasteiger partial charge in [0, 0.05) is 24.0 Å². The van der Waals surface area contributed by atoms with E-state index in [0.29, 0.717) is 29.2 Å². The molecule has 0 spiro atoms. The zero-order valence-corrected chi connectivity index (χ0v) is 15.7. The van der Waals surface area contributed by atoms with E-state index in [1.165, 1.54) is 0 Å². The maximum absolute atomic E-state index is 13.0. The summed E-state index contributed by atoms with van der Waals surface area (Å²) in [6.07, 6.45) is -0.0604. The van der Waals surface area contributed by atoms with Crippen LogP contribution in [0.1, 0.15) is 28.1 Å². The molecule has 5 rings (SSSR count). The Labute approximate surface area is 166 Å². The average molecular weight is 390 g/mol. The summed E-state index contributed by atoms with van der Waals surface area (Å²) in [6.45, 7) is 0.418. The number of ether oxygens (including phenoxy) is 1. The fourth-order valence-corrected chi connectivity index (χ4v) is 4.19. The molecule has 0 radical (unpaired) electrons. The van der Waals surface area contributed by atoms with Crippen molar-refractivity contribution in [3.8, 4) is 5.75 Å². The van der Waals surface area contributed by atoms with Crippen LogP contribution in [0.15, 0.2) is 52.9 Å². The maximum Gasteiger partial charge on any atom is 0.254 e. The lowest BCUT2D eigenvalue weighted by Crippen LogP contribution is -2.46. The summed E-state index contributed by atoms with van der Waals surface area (Å²) in [5, 5.41) is 3.23. The van der Waals surface area contributed by atoms with E-state index >= 15 is 0 Å². The third-order valence-electron chi connectivity index (χ3n) is 5.70. The first kappa shape index (κ1) is 17.5. The molecule has 2 aliphatic rings. The lowest BCUT2D eigenvalue weighted by Gasteiger charge is -2.28. The minimum absolute atomic E-state index is 0.0558. The number of nitrogens with zero attached hydrogens (tertiary/aromatic N) is 1. The molecule has 1 atom stereocenters. The van der Waals surface area contributed by atoms with E-state index in [1.54, 1.807) is 30.2 Å². The quantitative estimate of drug-likeness (QED) is 0.691. The third-order valence-corrected chi connectivity index (χ3v) is 5.70. The minimum Gasteiger partial charge on any atom is -0.497 e. The molecule has 0 aliphatic carbocycles. The highest BCUT2D eigenvalue weighted by Gasteiger charge is 2.53. The van der Waals surface area contributed by atoms with Crippen LogP contribution in [0.25, 0.3) is 11.0 Å². The Morgan fingerprint density at radius 1 is 1.14 bits per heavy atom. The van der Waals surface area contributed by atoms with Gasteiger partial charge in [-0.3, -0.25) is 19.7 Å². The van der Waals surface area contributed by atoms with Crippen LogP contribution in [-0.4, -0.2) is 36.3 Å². The number of carbonyl (C=O) groups excluding carboxylic acids is 3. The number of carbonyl (C=O) groups is 3. The maximum atomic E-state index is 13.0. The van der Waals surface area contributed by atoms with E-state index in [-0.39, 0.29) is 24.8 Å². The molecule has 1 aromatic heterocycles. The zero-order chi connectivity index (χ0) is 20.2. The number of fused-ring (bicyclic) bond motifs is 2. The van der Waals surface area contributed by atoms with Gasteiger partial charge in [-0.15, -0.1) is 0 Å². The summed E-state index contributed by atoms with van der Waals surface area (Å²) in [5.74, 6) is -0.0196. The molecular formula is C22H18N2O5. The van der Waals surface area contributed by atoms with Crippen molar-refractivity contribution >= 4 is 28.7 Å². The summed E-state index contributed by atoms with van der Waals surface area (Å²) in [7, 11) is 1.55. The van der Waals surface area contributed by atoms with Gasteiger partial charge in [0.15, 0.2) is 0 Å². The fourth-order valence-electron chi connectivity index (χ4n) is 4.19. The molecule has 3 aromatic rings. The predicted octanol–water partition coefficient (Wildman–Crippen LogP) is 2.38. The van der Waals surface area contributed by atoms with Gasteiger partial charge in [0.2, 0.25) is 11.8 Å². The number of furan rings is 1. The number of imide groups is 1. The Hall–Kier alpha value is -3.61. The summed E-state index contributed by atoms with van der Waals surface area (Å²) in [5.41, 5.74) is 0.793. The smallest absolute Gasteiger partial charge is 0.254 e. The first-order valence-electron chi connectivity index (χ1n) is 9.30. The number of nitrogens with one attached hydrogen (secondary N) is 1. The van der Waals surface area contributed by atoms with Crippen molar-refractivity contribution < 1.29 is 23.5 Å². The van der Waals surface area contributed by atoms with Crippen molar-refractivity contribution in [1.82, 2.24) is 10.2 Å². The molecule has 0 saturated carbocycles. The van der Waals surface area contributed by atoms with Gasteiger partial charge in [-0.25, -0.2) is 0 Å². The second-order valence-corrected chi connectivity index (χ2v) is 7.47. The highest BCUT2D eigenvalue weighted by molar-refractivity contribution is 6.10. The SMILES string of the molecule is COc1ccc2c(c1)C(=O)N(C[C@@]1(c3cc4ccccc4o3)CC(=O)NC1=O)C2. The van der Waals surface area contributed by atoms with E-state index in [2.05, 4.69) is 5.32 Å². The first-order chi connectivity index (χ1) is 14.0. The number of methoxy groups -OCH3 is 1. The summed E-state index contributed by atoms with van der Waals surface area (Å²) >= 11 is 0. The van der Waals surface area contributed by atoms with Gasteiger partial charge in [0.05, 0.1) is 13.5 Å². The topological polar surface area (TPSA) is 88.8 Å². The summed E-state index contributed by atoms with van der Waals surface area (Å²) < 4.78 is 11.2. The van der Waals surface area contributed by atoms with E-state index < -0.39 is 11.3 Å².